The zero-order valence-corrected chi connectivity index (χ0v) is 21.9. The first kappa shape index (κ1) is 25.9. The number of carbonyl (C=O) groups excluding carboxylic acids is 1. The molecule has 0 unspecified atom stereocenters. The number of aromatic nitrogens is 2. The monoisotopic (exact) mass is 527 g/mol. The largest absolute Gasteiger partial charge is 0.481 e. The van der Waals surface area contributed by atoms with Crippen molar-refractivity contribution in [2.75, 3.05) is 13.1 Å². The third-order valence-electron chi connectivity index (χ3n) is 7.13. The summed E-state index contributed by atoms with van der Waals surface area (Å²) in [5, 5.41) is 9.65. The molecule has 0 spiro atoms. The van der Waals surface area contributed by atoms with E-state index in [1.165, 1.54) is 5.56 Å². The molecular formula is C31H30ClN3O3. The highest BCUT2D eigenvalue weighted by atomic mass is 35.5. The van der Waals surface area contributed by atoms with Gasteiger partial charge in [0.2, 0.25) is 0 Å². The molecule has 5 rings (SSSR count). The maximum atomic E-state index is 13.5. The molecule has 194 valence electrons. The lowest BCUT2D eigenvalue weighted by molar-refractivity contribution is -0.137. The normalized spacial score (nSPS) is 15.5. The van der Waals surface area contributed by atoms with Crippen molar-refractivity contribution < 1.29 is 14.7 Å². The topological polar surface area (TPSA) is 83.4 Å². The van der Waals surface area contributed by atoms with Gasteiger partial charge in [0.15, 0.2) is 0 Å². The van der Waals surface area contributed by atoms with E-state index in [4.69, 9.17) is 26.7 Å². The van der Waals surface area contributed by atoms with Crippen LogP contribution in [0.1, 0.15) is 59.6 Å². The zero-order valence-electron chi connectivity index (χ0n) is 21.1. The summed E-state index contributed by atoms with van der Waals surface area (Å²) >= 11 is 6.09. The number of carboxylic acid groups (broad SMARTS) is 1. The van der Waals surface area contributed by atoms with Gasteiger partial charge in [-0.15, -0.1) is 0 Å². The second-order valence-electron chi connectivity index (χ2n) is 9.83. The first-order valence-corrected chi connectivity index (χ1v) is 13.5. The average molecular weight is 528 g/mol. The van der Waals surface area contributed by atoms with Crippen molar-refractivity contribution in [2.45, 2.75) is 44.4 Å². The maximum absolute atomic E-state index is 13.5. The minimum Gasteiger partial charge on any atom is -0.481 e. The van der Waals surface area contributed by atoms with Crippen molar-refractivity contribution in [1.82, 2.24) is 14.9 Å². The van der Waals surface area contributed by atoms with Gasteiger partial charge in [0.25, 0.3) is 5.91 Å². The Morgan fingerprint density at radius 2 is 1.74 bits per heavy atom. The Hall–Kier alpha value is -3.77. The lowest BCUT2D eigenvalue weighted by atomic mass is 9.90. The van der Waals surface area contributed by atoms with Crippen LogP contribution in [0.5, 0.6) is 0 Å². The van der Waals surface area contributed by atoms with Gasteiger partial charge >= 0.3 is 5.97 Å². The molecule has 1 aliphatic rings. The number of hydrogen-bond acceptors (Lipinski definition) is 4. The Bertz CT molecular complexity index is 1440. The predicted octanol–water partition coefficient (Wildman–Crippen LogP) is 6.77. The van der Waals surface area contributed by atoms with Crippen molar-refractivity contribution in [1.29, 1.82) is 0 Å². The molecule has 2 heterocycles. The highest BCUT2D eigenvalue weighted by Gasteiger charge is 2.26. The lowest BCUT2D eigenvalue weighted by Crippen LogP contribution is -2.39. The van der Waals surface area contributed by atoms with Gasteiger partial charge < -0.3 is 10.0 Å². The van der Waals surface area contributed by atoms with Crippen molar-refractivity contribution in [3.8, 4) is 11.3 Å². The van der Waals surface area contributed by atoms with Gasteiger partial charge in [-0.05, 0) is 68.0 Å². The van der Waals surface area contributed by atoms with Gasteiger partial charge in [-0.3, -0.25) is 9.59 Å². The minimum absolute atomic E-state index is 0.0131. The zero-order chi connectivity index (χ0) is 26.5. The van der Waals surface area contributed by atoms with Gasteiger partial charge in [0, 0.05) is 41.6 Å². The van der Waals surface area contributed by atoms with Crippen LogP contribution in [0.4, 0.5) is 0 Å². The van der Waals surface area contributed by atoms with Crippen LogP contribution in [0.3, 0.4) is 0 Å². The molecule has 1 aliphatic heterocycles. The Morgan fingerprint density at radius 1 is 0.947 bits per heavy atom. The molecule has 0 saturated carbocycles. The third kappa shape index (κ3) is 6.03. The van der Waals surface area contributed by atoms with E-state index in [0.717, 1.165) is 36.3 Å². The molecule has 3 aromatic carbocycles. The Kier molecular flexibility index (Phi) is 7.99. The minimum atomic E-state index is -0.803. The molecule has 7 heteroatoms. The number of unbranched alkanes of at least 4 members (excludes halogenated alkanes) is 1. The smallest absolute Gasteiger partial charge is 0.303 e. The molecule has 6 nitrogen and oxygen atoms in total. The van der Waals surface area contributed by atoms with Crippen LogP contribution >= 0.6 is 11.6 Å². The Balaban J connectivity index is 1.42. The number of fused-ring (bicyclic) bond motifs is 1. The maximum Gasteiger partial charge on any atom is 0.303 e. The molecule has 1 amide bonds. The molecule has 0 radical (unpaired) electrons. The number of benzene rings is 3. The van der Waals surface area contributed by atoms with E-state index in [2.05, 4.69) is 24.3 Å². The number of carboxylic acids is 1. The fourth-order valence-corrected chi connectivity index (χ4v) is 5.27. The first-order chi connectivity index (χ1) is 18.5. The van der Waals surface area contributed by atoms with Crippen LogP contribution in [-0.2, 0) is 11.2 Å². The molecular weight excluding hydrogens is 498 g/mol. The van der Waals surface area contributed by atoms with Crippen molar-refractivity contribution in [2.24, 2.45) is 0 Å². The number of likely N-dealkylation sites (tertiary alicyclic amines) is 1. The fourth-order valence-electron chi connectivity index (χ4n) is 5.15. The van der Waals surface area contributed by atoms with Crippen LogP contribution in [0.2, 0.25) is 5.02 Å². The summed E-state index contributed by atoms with van der Waals surface area (Å²) in [5.74, 6) is -0.449. The molecule has 1 atom stereocenters. The predicted molar refractivity (Wildman–Crippen MR) is 149 cm³/mol. The summed E-state index contributed by atoms with van der Waals surface area (Å²) in [5.41, 5.74) is 5.70. The van der Waals surface area contributed by atoms with Crippen LogP contribution < -0.4 is 0 Å². The van der Waals surface area contributed by atoms with Gasteiger partial charge in [0.1, 0.15) is 0 Å². The van der Waals surface area contributed by atoms with Crippen LogP contribution in [-0.4, -0.2) is 44.9 Å². The van der Waals surface area contributed by atoms with Gasteiger partial charge in [-0.25, -0.2) is 9.97 Å². The van der Waals surface area contributed by atoms with Gasteiger partial charge in [-0.2, -0.15) is 0 Å². The summed E-state index contributed by atoms with van der Waals surface area (Å²) in [4.78, 5) is 36.3. The molecule has 1 fully saturated rings. The van der Waals surface area contributed by atoms with E-state index in [0.29, 0.717) is 53.3 Å². The van der Waals surface area contributed by atoms with E-state index < -0.39 is 5.97 Å². The number of rotatable bonds is 8. The number of halogens is 1. The number of nitrogens with zero attached hydrogens (tertiary/aromatic N) is 3. The lowest BCUT2D eigenvalue weighted by Gasteiger charge is -2.33. The summed E-state index contributed by atoms with van der Waals surface area (Å²) in [6, 6.07) is 23.4. The second-order valence-corrected chi connectivity index (χ2v) is 10.3. The van der Waals surface area contributed by atoms with E-state index in [1.54, 1.807) is 0 Å². The first-order valence-electron chi connectivity index (χ1n) is 13.1. The standard InChI is InChI=1S/C31H30ClN3O3/c32-25-15-12-22(13-16-25)30-27(10-4-5-11-29(36)37)33-28-19-23(14-17-26(28)34-30)31(38)35-18-6-9-24(20-35)21-7-2-1-3-8-21/h1-3,7-8,12-17,19,24H,4-6,9-11,18,20H2,(H,36,37)/t24-/m1/s1. The number of aryl methyl sites for hydroxylation is 1. The molecule has 0 bridgehead atoms. The number of carbonyl (C=O) groups is 2. The Morgan fingerprint density at radius 3 is 2.50 bits per heavy atom. The number of piperidine rings is 1. The van der Waals surface area contributed by atoms with E-state index in [1.807, 2.05) is 53.4 Å². The molecule has 38 heavy (non-hydrogen) atoms. The van der Waals surface area contributed by atoms with Crippen LogP contribution in [0.15, 0.2) is 72.8 Å². The number of amides is 1. The fraction of sp³-hybridized carbons (Fsp3) is 0.290. The summed E-state index contributed by atoms with van der Waals surface area (Å²) in [6.45, 7) is 1.45. The van der Waals surface area contributed by atoms with E-state index in [9.17, 15) is 9.59 Å². The Labute approximate surface area is 227 Å². The van der Waals surface area contributed by atoms with Crippen molar-refractivity contribution >= 4 is 34.5 Å². The second kappa shape index (κ2) is 11.7. The summed E-state index contributed by atoms with van der Waals surface area (Å²) < 4.78 is 0. The number of aliphatic carboxylic acids is 1. The SMILES string of the molecule is O=C(O)CCCCc1nc2cc(C(=O)N3CCC[C@@H](c4ccccc4)C3)ccc2nc1-c1ccc(Cl)cc1. The van der Waals surface area contributed by atoms with Crippen LogP contribution in [0, 0.1) is 0 Å². The number of hydrogen-bond donors (Lipinski definition) is 1. The van der Waals surface area contributed by atoms with Crippen molar-refractivity contribution in [3.63, 3.8) is 0 Å². The summed E-state index contributed by atoms with van der Waals surface area (Å²) in [7, 11) is 0. The highest BCUT2D eigenvalue weighted by molar-refractivity contribution is 6.30. The van der Waals surface area contributed by atoms with E-state index >= 15 is 0 Å². The van der Waals surface area contributed by atoms with Crippen LogP contribution in [0.25, 0.3) is 22.3 Å². The molecule has 0 aliphatic carbocycles. The summed E-state index contributed by atoms with van der Waals surface area (Å²) in [6.07, 6.45) is 4.01. The highest BCUT2D eigenvalue weighted by Crippen LogP contribution is 2.29. The van der Waals surface area contributed by atoms with Gasteiger partial charge in [0.05, 0.1) is 22.4 Å². The van der Waals surface area contributed by atoms with Crippen molar-refractivity contribution in [3.05, 3.63) is 94.6 Å². The van der Waals surface area contributed by atoms with E-state index in [-0.39, 0.29) is 12.3 Å². The third-order valence-corrected chi connectivity index (χ3v) is 7.39. The quantitative estimate of drug-likeness (QED) is 0.256. The molecule has 1 aromatic heterocycles. The molecule has 1 saturated heterocycles. The molecule has 4 aromatic rings. The average Bonchev–Trinajstić information content (AvgIpc) is 2.95. The van der Waals surface area contributed by atoms with Gasteiger partial charge in [-0.1, -0.05) is 54.1 Å². The molecule has 1 N–H and O–H groups in total.